The predicted octanol–water partition coefficient (Wildman–Crippen LogP) is 2.31. The van der Waals surface area contributed by atoms with E-state index in [9.17, 15) is 0 Å². The van der Waals surface area contributed by atoms with E-state index >= 15 is 0 Å². The van der Waals surface area contributed by atoms with Crippen molar-refractivity contribution in [1.82, 2.24) is 0 Å². The van der Waals surface area contributed by atoms with Gasteiger partial charge >= 0.3 is 0 Å². The standard InChI is InChI=1S/C10H11NO/c1-3-9-6-4-5-7-10(9)8-11-12-2/h3-8H,1H2,2H3. The Hall–Kier alpha value is -1.57. The number of nitrogens with zero attached hydrogens (tertiary/aromatic N) is 1. The van der Waals surface area contributed by atoms with Crippen LogP contribution in [0.3, 0.4) is 0 Å². The van der Waals surface area contributed by atoms with E-state index in [1.807, 2.05) is 24.3 Å². The third kappa shape index (κ3) is 1.95. The Morgan fingerprint density at radius 3 is 2.58 bits per heavy atom. The van der Waals surface area contributed by atoms with Gasteiger partial charge in [-0.3, -0.25) is 0 Å². The second-order valence-electron chi connectivity index (χ2n) is 2.25. The summed E-state index contributed by atoms with van der Waals surface area (Å²) >= 11 is 0. The molecule has 0 saturated carbocycles. The molecular weight excluding hydrogens is 150 g/mol. The molecule has 0 radical (unpaired) electrons. The lowest BCUT2D eigenvalue weighted by atomic mass is 10.1. The van der Waals surface area contributed by atoms with E-state index in [1.165, 1.54) is 7.11 Å². The zero-order valence-corrected chi connectivity index (χ0v) is 7.03. The van der Waals surface area contributed by atoms with Gasteiger partial charge in [-0.2, -0.15) is 0 Å². The van der Waals surface area contributed by atoms with Crippen LogP contribution in [0.1, 0.15) is 11.1 Å². The minimum atomic E-state index is 1.01. The number of rotatable bonds is 3. The van der Waals surface area contributed by atoms with Crippen molar-refractivity contribution in [3.63, 3.8) is 0 Å². The van der Waals surface area contributed by atoms with Crippen LogP contribution in [0.5, 0.6) is 0 Å². The molecule has 0 atom stereocenters. The Morgan fingerprint density at radius 1 is 1.33 bits per heavy atom. The summed E-state index contributed by atoms with van der Waals surface area (Å²) in [5.74, 6) is 0. The molecule has 2 nitrogen and oxygen atoms in total. The molecule has 0 spiro atoms. The first-order valence-corrected chi connectivity index (χ1v) is 3.66. The summed E-state index contributed by atoms with van der Waals surface area (Å²) < 4.78 is 0. The molecule has 0 aromatic heterocycles. The Balaban J connectivity index is 2.96. The first-order valence-electron chi connectivity index (χ1n) is 3.66. The average Bonchev–Trinajstić information content (AvgIpc) is 2.15. The third-order valence-corrected chi connectivity index (χ3v) is 1.51. The SMILES string of the molecule is C=Cc1ccccc1C=NOC. The molecule has 0 amide bonds. The summed E-state index contributed by atoms with van der Waals surface area (Å²) in [6.07, 6.45) is 3.45. The minimum absolute atomic E-state index is 1.01. The molecule has 0 aliphatic rings. The van der Waals surface area contributed by atoms with Crippen molar-refractivity contribution >= 4 is 12.3 Å². The van der Waals surface area contributed by atoms with Gasteiger partial charge in [0.1, 0.15) is 7.11 Å². The molecule has 0 fully saturated rings. The fourth-order valence-corrected chi connectivity index (χ4v) is 0.924. The van der Waals surface area contributed by atoms with E-state index in [1.54, 1.807) is 12.3 Å². The summed E-state index contributed by atoms with van der Waals surface area (Å²) in [6.45, 7) is 3.70. The number of oxime groups is 1. The third-order valence-electron chi connectivity index (χ3n) is 1.51. The number of hydrogen-bond acceptors (Lipinski definition) is 2. The van der Waals surface area contributed by atoms with Crippen LogP contribution in [0.4, 0.5) is 0 Å². The van der Waals surface area contributed by atoms with Crippen LogP contribution < -0.4 is 0 Å². The first kappa shape index (κ1) is 8.53. The highest BCUT2D eigenvalue weighted by atomic mass is 16.6. The van der Waals surface area contributed by atoms with Gasteiger partial charge in [-0.1, -0.05) is 42.1 Å². The van der Waals surface area contributed by atoms with Crippen molar-refractivity contribution in [1.29, 1.82) is 0 Å². The monoisotopic (exact) mass is 161 g/mol. The quantitative estimate of drug-likeness (QED) is 0.492. The summed E-state index contributed by atoms with van der Waals surface area (Å²) in [6, 6.07) is 7.84. The molecule has 12 heavy (non-hydrogen) atoms. The van der Waals surface area contributed by atoms with Crippen molar-refractivity contribution in [3.05, 3.63) is 42.0 Å². The topological polar surface area (TPSA) is 21.6 Å². The maximum atomic E-state index is 4.58. The molecule has 0 N–H and O–H groups in total. The van der Waals surface area contributed by atoms with Crippen LogP contribution in [-0.4, -0.2) is 13.3 Å². The Morgan fingerprint density at radius 2 is 2.00 bits per heavy atom. The van der Waals surface area contributed by atoms with E-state index in [0.717, 1.165) is 11.1 Å². The molecule has 1 rings (SSSR count). The number of benzene rings is 1. The molecule has 1 aromatic carbocycles. The van der Waals surface area contributed by atoms with Gasteiger partial charge in [-0.25, -0.2) is 0 Å². The van der Waals surface area contributed by atoms with Crippen LogP contribution in [0.2, 0.25) is 0 Å². The van der Waals surface area contributed by atoms with Crippen LogP contribution in [-0.2, 0) is 4.84 Å². The van der Waals surface area contributed by atoms with Crippen molar-refractivity contribution < 1.29 is 4.84 Å². The highest BCUT2D eigenvalue weighted by Crippen LogP contribution is 2.06. The largest absolute Gasteiger partial charge is 0.399 e. The summed E-state index contributed by atoms with van der Waals surface area (Å²) in [4.78, 5) is 4.58. The van der Waals surface area contributed by atoms with Crippen molar-refractivity contribution in [2.45, 2.75) is 0 Å². The lowest BCUT2D eigenvalue weighted by Crippen LogP contribution is -1.85. The van der Waals surface area contributed by atoms with E-state index in [-0.39, 0.29) is 0 Å². The summed E-state index contributed by atoms with van der Waals surface area (Å²) in [5, 5.41) is 3.68. The van der Waals surface area contributed by atoms with Crippen LogP contribution in [0, 0.1) is 0 Å². The summed E-state index contributed by atoms with van der Waals surface area (Å²) in [5.41, 5.74) is 2.06. The fraction of sp³-hybridized carbons (Fsp3) is 0.100. The molecule has 62 valence electrons. The van der Waals surface area contributed by atoms with Crippen LogP contribution in [0.25, 0.3) is 6.08 Å². The first-order chi connectivity index (χ1) is 5.88. The predicted molar refractivity (Wildman–Crippen MR) is 51.1 cm³/mol. The Labute approximate surface area is 72.2 Å². The van der Waals surface area contributed by atoms with E-state index in [4.69, 9.17) is 0 Å². The highest BCUT2D eigenvalue weighted by Gasteiger charge is 1.92. The molecule has 2 heteroatoms. The zero-order chi connectivity index (χ0) is 8.81. The van der Waals surface area contributed by atoms with Crippen LogP contribution in [0.15, 0.2) is 36.0 Å². The van der Waals surface area contributed by atoms with Gasteiger partial charge in [-0.05, 0) is 5.56 Å². The maximum Gasteiger partial charge on any atom is 0.106 e. The molecule has 0 heterocycles. The van der Waals surface area contributed by atoms with Gasteiger partial charge < -0.3 is 4.84 Å². The zero-order valence-electron chi connectivity index (χ0n) is 7.03. The van der Waals surface area contributed by atoms with Crippen molar-refractivity contribution in [2.24, 2.45) is 5.16 Å². The molecule has 1 aromatic rings. The minimum Gasteiger partial charge on any atom is -0.399 e. The second kappa shape index (κ2) is 4.34. The Bertz CT molecular complexity index is 292. The van der Waals surface area contributed by atoms with Crippen LogP contribution >= 0.6 is 0 Å². The van der Waals surface area contributed by atoms with Gasteiger partial charge in [0.05, 0.1) is 6.21 Å². The fourth-order valence-electron chi connectivity index (χ4n) is 0.924. The number of hydrogen-bond donors (Lipinski definition) is 0. The molecule has 0 unspecified atom stereocenters. The van der Waals surface area contributed by atoms with E-state index < -0.39 is 0 Å². The molecule has 0 aliphatic heterocycles. The molecule has 0 aliphatic carbocycles. The smallest absolute Gasteiger partial charge is 0.106 e. The highest BCUT2D eigenvalue weighted by molar-refractivity contribution is 5.84. The van der Waals surface area contributed by atoms with Gasteiger partial charge in [0.25, 0.3) is 0 Å². The van der Waals surface area contributed by atoms with E-state index in [0.29, 0.717) is 0 Å². The summed E-state index contributed by atoms with van der Waals surface area (Å²) in [7, 11) is 1.52. The maximum absolute atomic E-state index is 4.58. The van der Waals surface area contributed by atoms with Crippen molar-refractivity contribution in [2.75, 3.05) is 7.11 Å². The average molecular weight is 161 g/mol. The molecular formula is C10H11NO. The van der Waals surface area contributed by atoms with Gasteiger partial charge in [0.15, 0.2) is 0 Å². The second-order valence-corrected chi connectivity index (χ2v) is 2.25. The lowest BCUT2D eigenvalue weighted by molar-refractivity contribution is 0.215. The lowest BCUT2D eigenvalue weighted by Gasteiger charge is -1.97. The normalized spacial score (nSPS) is 10.1. The van der Waals surface area contributed by atoms with Crippen molar-refractivity contribution in [3.8, 4) is 0 Å². The van der Waals surface area contributed by atoms with Gasteiger partial charge in [0, 0.05) is 5.56 Å². The van der Waals surface area contributed by atoms with Gasteiger partial charge in [0.2, 0.25) is 0 Å². The Kier molecular flexibility index (Phi) is 3.08. The van der Waals surface area contributed by atoms with Gasteiger partial charge in [-0.15, -0.1) is 0 Å². The molecule has 0 saturated heterocycles. The van der Waals surface area contributed by atoms with E-state index in [2.05, 4.69) is 16.6 Å². The molecule has 0 bridgehead atoms.